The molecular formula is C26H29NO7S. The number of methoxy groups -OCH3 is 2. The molecule has 2 N–H and O–H groups in total. The Morgan fingerprint density at radius 3 is 2.09 bits per heavy atom. The summed E-state index contributed by atoms with van der Waals surface area (Å²) in [5.41, 5.74) is 2.40. The highest BCUT2D eigenvalue weighted by molar-refractivity contribution is 7.89. The number of sulfonamides is 1. The molecule has 0 spiro atoms. The molecule has 0 saturated heterocycles. The molecule has 0 fully saturated rings. The van der Waals surface area contributed by atoms with Gasteiger partial charge in [-0.3, -0.25) is 4.79 Å². The number of rotatable bonds is 11. The van der Waals surface area contributed by atoms with Crippen molar-refractivity contribution in [2.75, 3.05) is 14.2 Å². The van der Waals surface area contributed by atoms with E-state index in [1.807, 2.05) is 36.4 Å². The van der Waals surface area contributed by atoms with Crippen molar-refractivity contribution in [1.29, 1.82) is 0 Å². The summed E-state index contributed by atoms with van der Waals surface area (Å²) < 4.78 is 44.4. The van der Waals surface area contributed by atoms with Gasteiger partial charge in [0.25, 0.3) is 0 Å². The zero-order valence-electron chi connectivity index (χ0n) is 20.0. The highest BCUT2D eigenvalue weighted by atomic mass is 32.2. The molecule has 0 aliphatic heterocycles. The van der Waals surface area contributed by atoms with Gasteiger partial charge >= 0.3 is 5.97 Å². The maximum absolute atomic E-state index is 12.7. The highest BCUT2D eigenvalue weighted by Crippen LogP contribution is 2.32. The van der Waals surface area contributed by atoms with E-state index in [1.54, 1.807) is 46.3 Å². The molecule has 0 amide bonds. The van der Waals surface area contributed by atoms with Crippen LogP contribution in [0.4, 0.5) is 0 Å². The standard InChI is InChI=1S/C26H29NO7S/c1-17(2)25(26(28)29)27-35(30,31)22-11-9-19(10-12-22)23-7-5-6-8-24(23)34-16-18-13-20(32-3)15-21(14-18)33-4/h5-15,17,25,27H,16H2,1-4H3,(H,28,29). The van der Waals surface area contributed by atoms with Crippen molar-refractivity contribution in [1.82, 2.24) is 4.72 Å². The number of carboxylic acids is 1. The normalized spacial score (nSPS) is 12.3. The fraction of sp³-hybridized carbons (Fsp3) is 0.269. The Hall–Kier alpha value is -3.56. The smallest absolute Gasteiger partial charge is 0.322 e. The van der Waals surface area contributed by atoms with Crippen molar-refractivity contribution in [2.45, 2.75) is 31.4 Å². The Morgan fingerprint density at radius 2 is 1.54 bits per heavy atom. The number of carboxylic acid groups (broad SMARTS) is 1. The number of hydrogen-bond donors (Lipinski definition) is 2. The van der Waals surface area contributed by atoms with E-state index in [0.29, 0.717) is 17.2 Å². The molecule has 0 aromatic heterocycles. The Bertz CT molecular complexity index is 1250. The first-order valence-electron chi connectivity index (χ1n) is 10.9. The Kier molecular flexibility index (Phi) is 8.37. The van der Waals surface area contributed by atoms with Crippen molar-refractivity contribution >= 4 is 16.0 Å². The first-order chi connectivity index (χ1) is 16.6. The lowest BCUT2D eigenvalue weighted by atomic mass is 10.0. The molecule has 0 aliphatic rings. The summed E-state index contributed by atoms with van der Waals surface area (Å²) in [5.74, 6) is 0.303. The van der Waals surface area contributed by atoms with E-state index in [0.717, 1.165) is 16.7 Å². The third-order valence-corrected chi connectivity index (χ3v) is 6.84. The molecule has 186 valence electrons. The second-order valence-corrected chi connectivity index (χ2v) is 9.93. The minimum atomic E-state index is -4.00. The topological polar surface area (TPSA) is 111 Å². The molecular weight excluding hydrogens is 470 g/mol. The van der Waals surface area contributed by atoms with Crippen LogP contribution in [0, 0.1) is 5.92 Å². The van der Waals surface area contributed by atoms with Crippen LogP contribution in [-0.2, 0) is 21.4 Å². The van der Waals surface area contributed by atoms with Crippen molar-refractivity contribution in [2.24, 2.45) is 5.92 Å². The zero-order chi connectivity index (χ0) is 25.6. The number of hydrogen-bond acceptors (Lipinski definition) is 6. The highest BCUT2D eigenvalue weighted by Gasteiger charge is 2.28. The molecule has 3 rings (SSSR count). The van der Waals surface area contributed by atoms with Crippen LogP contribution in [0.15, 0.2) is 71.6 Å². The van der Waals surface area contributed by atoms with Gasteiger partial charge < -0.3 is 19.3 Å². The van der Waals surface area contributed by atoms with E-state index in [-0.39, 0.29) is 11.5 Å². The number of nitrogens with one attached hydrogen (secondary N) is 1. The van der Waals surface area contributed by atoms with Crippen LogP contribution in [0.2, 0.25) is 0 Å². The number of carbonyl (C=O) groups is 1. The number of para-hydroxylation sites is 1. The van der Waals surface area contributed by atoms with Gasteiger partial charge in [-0.1, -0.05) is 44.2 Å². The van der Waals surface area contributed by atoms with E-state index >= 15 is 0 Å². The van der Waals surface area contributed by atoms with Crippen LogP contribution >= 0.6 is 0 Å². The maximum atomic E-state index is 12.7. The Morgan fingerprint density at radius 1 is 0.943 bits per heavy atom. The molecule has 8 nitrogen and oxygen atoms in total. The fourth-order valence-electron chi connectivity index (χ4n) is 3.46. The summed E-state index contributed by atoms with van der Waals surface area (Å²) in [6.07, 6.45) is 0. The van der Waals surface area contributed by atoms with Gasteiger partial charge in [0.05, 0.1) is 19.1 Å². The van der Waals surface area contributed by atoms with Crippen LogP contribution in [0.25, 0.3) is 11.1 Å². The molecule has 0 bridgehead atoms. The van der Waals surface area contributed by atoms with Gasteiger partial charge in [-0.25, -0.2) is 8.42 Å². The lowest BCUT2D eigenvalue weighted by Gasteiger charge is -2.18. The van der Waals surface area contributed by atoms with Crippen molar-refractivity contribution in [3.05, 3.63) is 72.3 Å². The van der Waals surface area contributed by atoms with Gasteiger partial charge in [0, 0.05) is 11.6 Å². The Labute approximate surface area is 205 Å². The van der Waals surface area contributed by atoms with Gasteiger partial charge in [0.2, 0.25) is 10.0 Å². The number of aliphatic carboxylic acids is 1. The average Bonchev–Trinajstić information content (AvgIpc) is 2.85. The van der Waals surface area contributed by atoms with Gasteiger partial charge in [0.15, 0.2) is 0 Å². The van der Waals surface area contributed by atoms with E-state index in [1.165, 1.54) is 12.1 Å². The lowest BCUT2D eigenvalue weighted by Crippen LogP contribution is -2.44. The van der Waals surface area contributed by atoms with E-state index in [4.69, 9.17) is 14.2 Å². The monoisotopic (exact) mass is 499 g/mol. The number of benzene rings is 3. The fourth-order valence-corrected chi connectivity index (χ4v) is 4.80. The van der Waals surface area contributed by atoms with Crippen LogP contribution in [0.1, 0.15) is 19.4 Å². The van der Waals surface area contributed by atoms with Crippen molar-refractivity contribution in [3.8, 4) is 28.4 Å². The summed E-state index contributed by atoms with van der Waals surface area (Å²) >= 11 is 0. The van der Waals surface area contributed by atoms with Gasteiger partial charge in [0.1, 0.15) is 29.9 Å². The molecule has 3 aromatic rings. The molecule has 0 radical (unpaired) electrons. The summed E-state index contributed by atoms with van der Waals surface area (Å²) in [7, 11) is -0.840. The molecule has 0 heterocycles. The summed E-state index contributed by atoms with van der Waals surface area (Å²) in [6.45, 7) is 3.55. The summed E-state index contributed by atoms with van der Waals surface area (Å²) in [5, 5.41) is 9.31. The van der Waals surface area contributed by atoms with Crippen LogP contribution in [0.5, 0.6) is 17.2 Å². The third-order valence-electron chi connectivity index (χ3n) is 5.38. The summed E-state index contributed by atoms with van der Waals surface area (Å²) in [6, 6.07) is 17.9. The molecule has 0 aliphatic carbocycles. The van der Waals surface area contributed by atoms with Gasteiger partial charge in [-0.15, -0.1) is 0 Å². The van der Waals surface area contributed by atoms with Gasteiger partial charge in [-0.05, 0) is 47.4 Å². The Balaban J connectivity index is 1.82. The molecule has 3 aromatic carbocycles. The van der Waals surface area contributed by atoms with E-state index in [9.17, 15) is 18.3 Å². The molecule has 0 saturated carbocycles. The lowest BCUT2D eigenvalue weighted by molar-refractivity contribution is -0.140. The first kappa shape index (κ1) is 26.1. The second kappa shape index (κ2) is 11.2. The molecule has 9 heteroatoms. The molecule has 35 heavy (non-hydrogen) atoms. The van der Waals surface area contributed by atoms with E-state index in [2.05, 4.69) is 4.72 Å². The van der Waals surface area contributed by atoms with Crippen LogP contribution in [-0.4, -0.2) is 39.8 Å². The maximum Gasteiger partial charge on any atom is 0.322 e. The second-order valence-electron chi connectivity index (χ2n) is 8.21. The predicted molar refractivity (Wildman–Crippen MR) is 132 cm³/mol. The van der Waals surface area contributed by atoms with Crippen LogP contribution in [0.3, 0.4) is 0 Å². The number of ether oxygens (including phenoxy) is 3. The molecule has 1 atom stereocenters. The average molecular weight is 500 g/mol. The van der Waals surface area contributed by atoms with Crippen molar-refractivity contribution in [3.63, 3.8) is 0 Å². The van der Waals surface area contributed by atoms with Crippen molar-refractivity contribution < 1.29 is 32.5 Å². The predicted octanol–water partition coefficient (Wildman–Crippen LogP) is 4.34. The summed E-state index contributed by atoms with van der Waals surface area (Å²) in [4.78, 5) is 11.4. The minimum Gasteiger partial charge on any atom is -0.497 e. The minimum absolute atomic E-state index is 0.0185. The van der Waals surface area contributed by atoms with Gasteiger partial charge in [-0.2, -0.15) is 4.72 Å². The zero-order valence-corrected chi connectivity index (χ0v) is 20.8. The first-order valence-corrected chi connectivity index (χ1v) is 12.4. The SMILES string of the molecule is COc1cc(COc2ccccc2-c2ccc(S(=O)(=O)NC(C(=O)O)C(C)C)cc2)cc(OC)c1. The third kappa shape index (κ3) is 6.52. The van der Waals surface area contributed by atoms with Crippen LogP contribution < -0.4 is 18.9 Å². The van der Waals surface area contributed by atoms with E-state index < -0.39 is 28.0 Å². The largest absolute Gasteiger partial charge is 0.497 e. The quantitative estimate of drug-likeness (QED) is 0.404. The molecule has 1 unspecified atom stereocenters.